The third-order valence-corrected chi connectivity index (χ3v) is 3.26. The van der Waals surface area contributed by atoms with E-state index in [0.717, 1.165) is 17.9 Å². The fourth-order valence-electron chi connectivity index (χ4n) is 1.88. The molecular weight excluding hydrogens is 182 g/mol. The smallest absolute Gasteiger partial charge is 0.0408 e. The third-order valence-electron chi connectivity index (χ3n) is 3.03. The molecule has 70 valence electrons. The fourth-order valence-corrected chi connectivity index (χ4v) is 2.08. The van der Waals surface area contributed by atoms with E-state index in [1.165, 1.54) is 5.56 Å². The Kier molecular flexibility index (Phi) is 2.09. The molecule has 2 rings (SSSR count). The molecule has 0 amide bonds. The normalized spacial score (nSPS) is 31.8. The van der Waals surface area contributed by atoms with Crippen LogP contribution in [0.25, 0.3) is 0 Å². The van der Waals surface area contributed by atoms with Crippen molar-refractivity contribution < 1.29 is 0 Å². The largest absolute Gasteiger partial charge is 0.325 e. The molecule has 0 aliphatic heterocycles. The van der Waals surface area contributed by atoms with Gasteiger partial charge in [0.25, 0.3) is 0 Å². The minimum atomic E-state index is 0.0463. The molecule has 0 spiro atoms. The maximum atomic E-state index is 6.13. The summed E-state index contributed by atoms with van der Waals surface area (Å²) in [6.07, 6.45) is 2.15. The number of rotatable bonds is 2. The minimum Gasteiger partial charge on any atom is -0.325 e. The van der Waals surface area contributed by atoms with Gasteiger partial charge in [-0.25, -0.2) is 0 Å². The summed E-state index contributed by atoms with van der Waals surface area (Å²) in [5.74, 6) is 0.524. The zero-order chi connectivity index (χ0) is 9.47. The molecule has 1 saturated carbocycles. The van der Waals surface area contributed by atoms with Gasteiger partial charge >= 0.3 is 0 Å². The average molecular weight is 196 g/mol. The van der Waals surface area contributed by atoms with Gasteiger partial charge < -0.3 is 5.73 Å². The maximum Gasteiger partial charge on any atom is 0.0408 e. The third kappa shape index (κ3) is 1.59. The predicted molar refractivity (Wildman–Crippen MR) is 56.0 cm³/mol. The van der Waals surface area contributed by atoms with Crippen molar-refractivity contribution in [2.45, 2.75) is 31.2 Å². The second-order valence-electron chi connectivity index (χ2n) is 3.90. The van der Waals surface area contributed by atoms with Crippen LogP contribution in [0.2, 0.25) is 5.02 Å². The Labute approximate surface area is 83.9 Å². The van der Waals surface area contributed by atoms with Gasteiger partial charge in [0.1, 0.15) is 0 Å². The number of halogens is 1. The highest BCUT2D eigenvalue weighted by Gasteiger charge is 2.49. The highest BCUT2D eigenvalue weighted by molar-refractivity contribution is 6.30. The van der Waals surface area contributed by atoms with E-state index in [-0.39, 0.29) is 5.54 Å². The summed E-state index contributed by atoms with van der Waals surface area (Å²) in [4.78, 5) is 0. The molecule has 13 heavy (non-hydrogen) atoms. The lowest BCUT2D eigenvalue weighted by Gasteiger charge is -2.07. The second kappa shape index (κ2) is 3.00. The summed E-state index contributed by atoms with van der Waals surface area (Å²) in [6.45, 7) is 2.14. The molecule has 0 unspecified atom stereocenters. The van der Waals surface area contributed by atoms with E-state index >= 15 is 0 Å². The first-order valence-electron chi connectivity index (χ1n) is 4.70. The summed E-state index contributed by atoms with van der Waals surface area (Å²) in [6, 6.07) is 8.03. The van der Waals surface area contributed by atoms with Crippen molar-refractivity contribution in [1.29, 1.82) is 0 Å². The topological polar surface area (TPSA) is 26.0 Å². The lowest BCUT2D eigenvalue weighted by atomic mass is 10.1. The predicted octanol–water partition coefficient (Wildman–Crippen LogP) is 2.93. The van der Waals surface area contributed by atoms with Gasteiger partial charge in [0.15, 0.2) is 0 Å². The first kappa shape index (κ1) is 9.04. The first-order chi connectivity index (χ1) is 6.15. The number of hydrogen-bond acceptors (Lipinski definition) is 1. The summed E-state index contributed by atoms with van der Waals surface area (Å²) in [5, 5.41) is 0.808. The van der Waals surface area contributed by atoms with Gasteiger partial charge in [0.05, 0.1) is 0 Å². The molecule has 2 atom stereocenters. The van der Waals surface area contributed by atoms with Gasteiger partial charge in [0, 0.05) is 16.5 Å². The Morgan fingerprint density at radius 2 is 2.38 bits per heavy atom. The monoisotopic (exact) mass is 195 g/mol. The lowest BCUT2D eigenvalue weighted by Crippen LogP contribution is -2.22. The SMILES string of the molecule is CC[C@@]1(N)C[C@H]1c1cccc(Cl)c1. The van der Waals surface area contributed by atoms with Crippen molar-refractivity contribution in [3.8, 4) is 0 Å². The van der Waals surface area contributed by atoms with E-state index in [9.17, 15) is 0 Å². The van der Waals surface area contributed by atoms with Crippen LogP contribution in [0.5, 0.6) is 0 Å². The average Bonchev–Trinajstić information content (AvgIpc) is 2.79. The molecule has 0 aromatic heterocycles. The van der Waals surface area contributed by atoms with E-state index in [1.54, 1.807) is 0 Å². The highest BCUT2D eigenvalue weighted by Crippen LogP contribution is 2.51. The van der Waals surface area contributed by atoms with Crippen LogP contribution in [0.4, 0.5) is 0 Å². The molecule has 2 N–H and O–H groups in total. The zero-order valence-corrected chi connectivity index (χ0v) is 8.51. The van der Waals surface area contributed by atoms with Crippen molar-refractivity contribution in [3.63, 3.8) is 0 Å². The summed E-state index contributed by atoms with van der Waals surface area (Å²) < 4.78 is 0. The molecular formula is C11H14ClN. The summed E-state index contributed by atoms with van der Waals surface area (Å²) in [7, 11) is 0. The molecule has 2 heteroatoms. The van der Waals surface area contributed by atoms with Gasteiger partial charge in [-0.15, -0.1) is 0 Å². The Morgan fingerprint density at radius 3 is 2.92 bits per heavy atom. The molecule has 0 heterocycles. The van der Waals surface area contributed by atoms with Crippen LogP contribution in [-0.2, 0) is 0 Å². The van der Waals surface area contributed by atoms with E-state index < -0.39 is 0 Å². The van der Waals surface area contributed by atoms with Crippen LogP contribution in [0.1, 0.15) is 31.2 Å². The minimum absolute atomic E-state index is 0.0463. The van der Waals surface area contributed by atoms with Gasteiger partial charge in [-0.05, 0) is 30.5 Å². The highest BCUT2D eigenvalue weighted by atomic mass is 35.5. The summed E-state index contributed by atoms with van der Waals surface area (Å²) in [5.41, 5.74) is 7.46. The molecule has 1 aliphatic rings. The molecule has 0 bridgehead atoms. The summed E-state index contributed by atoms with van der Waals surface area (Å²) >= 11 is 5.91. The van der Waals surface area contributed by atoms with Gasteiger partial charge in [-0.3, -0.25) is 0 Å². The van der Waals surface area contributed by atoms with Crippen molar-refractivity contribution >= 4 is 11.6 Å². The fraction of sp³-hybridized carbons (Fsp3) is 0.455. The van der Waals surface area contributed by atoms with E-state index in [4.69, 9.17) is 17.3 Å². The van der Waals surface area contributed by atoms with Crippen molar-refractivity contribution in [2.75, 3.05) is 0 Å². The van der Waals surface area contributed by atoms with Gasteiger partial charge in [-0.2, -0.15) is 0 Å². The van der Waals surface area contributed by atoms with Gasteiger partial charge in [0.2, 0.25) is 0 Å². The maximum absolute atomic E-state index is 6.13. The lowest BCUT2D eigenvalue weighted by molar-refractivity contribution is 0.626. The van der Waals surface area contributed by atoms with Crippen molar-refractivity contribution in [1.82, 2.24) is 0 Å². The Balaban J connectivity index is 2.20. The number of hydrogen-bond donors (Lipinski definition) is 1. The van der Waals surface area contributed by atoms with E-state index in [1.807, 2.05) is 18.2 Å². The molecule has 0 saturated heterocycles. The first-order valence-corrected chi connectivity index (χ1v) is 5.08. The van der Waals surface area contributed by atoms with Crippen LogP contribution in [0.3, 0.4) is 0 Å². The molecule has 1 aromatic carbocycles. The molecule has 1 nitrogen and oxygen atoms in total. The van der Waals surface area contributed by atoms with E-state index in [0.29, 0.717) is 5.92 Å². The Bertz CT molecular complexity index is 324. The van der Waals surface area contributed by atoms with Crippen molar-refractivity contribution in [3.05, 3.63) is 34.9 Å². The second-order valence-corrected chi connectivity index (χ2v) is 4.33. The van der Waals surface area contributed by atoms with Crippen LogP contribution in [0, 0.1) is 0 Å². The molecule has 0 radical (unpaired) electrons. The molecule has 1 fully saturated rings. The Hall–Kier alpha value is -0.530. The van der Waals surface area contributed by atoms with Crippen LogP contribution in [-0.4, -0.2) is 5.54 Å². The molecule has 1 aromatic rings. The number of benzene rings is 1. The van der Waals surface area contributed by atoms with Crippen LogP contribution < -0.4 is 5.73 Å². The zero-order valence-electron chi connectivity index (χ0n) is 7.76. The van der Waals surface area contributed by atoms with Crippen LogP contribution >= 0.6 is 11.6 Å². The molecule has 1 aliphatic carbocycles. The standard InChI is InChI=1S/C11H14ClN/c1-2-11(13)7-10(11)8-4-3-5-9(12)6-8/h3-6,10H,2,7,13H2,1H3/t10-,11+/m0/s1. The van der Waals surface area contributed by atoms with Gasteiger partial charge in [-0.1, -0.05) is 30.7 Å². The van der Waals surface area contributed by atoms with Crippen LogP contribution in [0.15, 0.2) is 24.3 Å². The van der Waals surface area contributed by atoms with Crippen molar-refractivity contribution in [2.24, 2.45) is 5.73 Å². The quantitative estimate of drug-likeness (QED) is 0.772. The van der Waals surface area contributed by atoms with E-state index in [2.05, 4.69) is 13.0 Å². The number of nitrogens with two attached hydrogens (primary N) is 1. The Morgan fingerprint density at radius 1 is 1.62 bits per heavy atom.